The fourth-order valence-electron chi connectivity index (χ4n) is 1.94. The Morgan fingerprint density at radius 1 is 1.22 bits per heavy atom. The predicted molar refractivity (Wildman–Crippen MR) is 83.4 cm³/mol. The first-order chi connectivity index (χ1) is 8.58. The molecule has 1 N–H and O–H groups in total. The Balaban J connectivity index is 2.10. The van der Waals surface area contributed by atoms with Crippen LogP contribution in [0, 0.1) is 0 Å². The zero-order valence-corrected chi connectivity index (χ0v) is 13.4. The van der Waals surface area contributed by atoms with E-state index in [0.29, 0.717) is 6.04 Å². The third-order valence-corrected chi connectivity index (χ3v) is 4.77. The maximum Gasteiger partial charge on any atom is 0.0464 e. The molecule has 1 aromatic heterocycles. The summed E-state index contributed by atoms with van der Waals surface area (Å²) in [5.41, 5.74) is 1.13. The number of halogens is 2. The highest BCUT2D eigenvalue weighted by Crippen LogP contribution is 2.28. The molecule has 2 rings (SSSR count). The second kappa shape index (κ2) is 6.20. The van der Waals surface area contributed by atoms with E-state index in [1.54, 1.807) is 11.3 Å². The molecule has 2 aromatic rings. The number of benzene rings is 1. The number of hydrogen-bond acceptors (Lipinski definition) is 2. The van der Waals surface area contributed by atoms with Gasteiger partial charge in [0, 0.05) is 26.5 Å². The molecule has 0 aliphatic rings. The minimum absolute atomic E-state index is 0.225. The molecule has 1 aromatic carbocycles. The normalized spacial score (nSPS) is 14.4. The molecule has 96 valence electrons. The van der Waals surface area contributed by atoms with Gasteiger partial charge in [-0.05, 0) is 43.0 Å². The Kier molecular flexibility index (Phi) is 4.84. The summed E-state index contributed by atoms with van der Waals surface area (Å²) in [5.74, 6) is 0. The first-order valence-electron chi connectivity index (χ1n) is 5.82. The third-order valence-electron chi connectivity index (χ3n) is 2.90. The molecule has 0 saturated heterocycles. The average Bonchev–Trinajstić information content (AvgIpc) is 2.81. The van der Waals surface area contributed by atoms with Crippen molar-refractivity contribution in [3.63, 3.8) is 0 Å². The molecule has 4 heteroatoms. The van der Waals surface area contributed by atoms with Crippen molar-refractivity contribution < 1.29 is 0 Å². The maximum atomic E-state index is 6.27. The molecular weight excluding hydrogens is 330 g/mol. The summed E-state index contributed by atoms with van der Waals surface area (Å²) in [6.07, 6.45) is 0. The standard InChI is InChI=1S/C14H15BrClNS/c1-9(12-6-5-11(15)8-13(12)16)17-10(2)14-4-3-7-18-14/h3-10,17H,1-2H3/t9?,10-/m1/s1. The van der Waals surface area contributed by atoms with Crippen LogP contribution in [0.4, 0.5) is 0 Å². The van der Waals surface area contributed by atoms with Gasteiger partial charge in [-0.2, -0.15) is 0 Å². The van der Waals surface area contributed by atoms with E-state index in [1.807, 2.05) is 12.1 Å². The van der Waals surface area contributed by atoms with Crippen LogP contribution in [0.1, 0.15) is 36.4 Å². The summed E-state index contributed by atoms with van der Waals surface area (Å²) in [4.78, 5) is 1.34. The van der Waals surface area contributed by atoms with Crippen molar-refractivity contribution in [1.29, 1.82) is 0 Å². The van der Waals surface area contributed by atoms with Gasteiger partial charge in [0.2, 0.25) is 0 Å². The molecular formula is C14H15BrClNS. The lowest BCUT2D eigenvalue weighted by atomic mass is 10.1. The smallest absolute Gasteiger partial charge is 0.0464 e. The predicted octanol–water partition coefficient (Wildman–Crippen LogP) is 5.58. The summed E-state index contributed by atoms with van der Waals surface area (Å²) >= 11 is 11.5. The van der Waals surface area contributed by atoms with E-state index in [9.17, 15) is 0 Å². The van der Waals surface area contributed by atoms with Gasteiger partial charge in [-0.15, -0.1) is 11.3 Å². The van der Waals surface area contributed by atoms with E-state index < -0.39 is 0 Å². The molecule has 2 atom stereocenters. The van der Waals surface area contributed by atoms with E-state index in [4.69, 9.17) is 11.6 Å². The maximum absolute atomic E-state index is 6.27. The van der Waals surface area contributed by atoms with Gasteiger partial charge in [0.25, 0.3) is 0 Å². The van der Waals surface area contributed by atoms with Crippen molar-refractivity contribution in [1.82, 2.24) is 5.32 Å². The van der Waals surface area contributed by atoms with Crippen molar-refractivity contribution >= 4 is 38.9 Å². The van der Waals surface area contributed by atoms with Gasteiger partial charge < -0.3 is 5.32 Å². The molecule has 0 bridgehead atoms. The molecule has 1 heterocycles. The van der Waals surface area contributed by atoms with Crippen LogP contribution < -0.4 is 5.32 Å². The number of thiophene rings is 1. The van der Waals surface area contributed by atoms with E-state index in [0.717, 1.165) is 15.1 Å². The fraction of sp³-hybridized carbons (Fsp3) is 0.286. The second-order valence-corrected chi connectivity index (χ2v) is 6.59. The molecule has 1 unspecified atom stereocenters. The highest BCUT2D eigenvalue weighted by atomic mass is 79.9. The largest absolute Gasteiger partial charge is 0.303 e. The van der Waals surface area contributed by atoms with Gasteiger partial charge in [0.15, 0.2) is 0 Å². The van der Waals surface area contributed by atoms with E-state index >= 15 is 0 Å². The molecule has 0 aliphatic carbocycles. The topological polar surface area (TPSA) is 12.0 Å². The Hall–Kier alpha value is -0.350. The molecule has 0 spiro atoms. The zero-order valence-electron chi connectivity index (χ0n) is 10.3. The number of hydrogen-bond donors (Lipinski definition) is 1. The lowest BCUT2D eigenvalue weighted by Crippen LogP contribution is -2.22. The lowest BCUT2D eigenvalue weighted by molar-refractivity contribution is 0.500. The van der Waals surface area contributed by atoms with Crippen molar-refractivity contribution in [2.45, 2.75) is 25.9 Å². The Morgan fingerprint density at radius 2 is 2.00 bits per heavy atom. The minimum atomic E-state index is 0.225. The molecule has 18 heavy (non-hydrogen) atoms. The van der Waals surface area contributed by atoms with Crippen molar-refractivity contribution in [2.24, 2.45) is 0 Å². The fourth-order valence-corrected chi connectivity index (χ4v) is 3.52. The monoisotopic (exact) mass is 343 g/mol. The molecule has 0 fully saturated rings. The van der Waals surface area contributed by atoms with Crippen LogP contribution in [0.15, 0.2) is 40.2 Å². The summed E-state index contributed by atoms with van der Waals surface area (Å²) in [6, 6.07) is 10.8. The van der Waals surface area contributed by atoms with Gasteiger partial charge in [0.05, 0.1) is 0 Å². The highest BCUT2D eigenvalue weighted by molar-refractivity contribution is 9.10. The van der Waals surface area contributed by atoms with Crippen LogP contribution >= 0.6 is 38.9 Å². The van der Waals surface area contributed by atoms with Crippen molar-refractivity contribution in [3.8, 4) is 0 Å². The van der Waals surface area contributed by atoms with E-state index in [2.05, 4.69) is 58.7 Å². The number of rotatable bonds is 4. The van der Waals surface area contributed by atoms with Gasteiger partial charge >= 0.3 is 0 Å². The number of nitrogens with one attached hydrogen (secondary N) is 1. The first-order valence-corrected chi connectivity index (χ1v) is 7.87. The SMILES string of the molecule is CC(N[C@H](C)c1cccs1)c1ccc(Br)cc1Cl. The van der Waals surface area contributed by atoms with Crippen LogP contribution in [0.5, 0.6) is 0 Å². The summed E-state index contributed by atoms with van der Waals surface area (Å²) in [7, 11) is 0. The van der Waals surface area contributed by atoms with Gasteiger partial charge in [-0.1, -0.05) is 39.7 Å². The summed E-state index contributed by atoms with van der Waals surface area (Å²) in [6.45, 7) is 4.31. The average molecular weight is 345 g/mol. The van der Waals surface area contributed by atoms with Gasteiger partial charge in [-0.25, -0.2) is 0 Å². The summed E-state index contributed by atoms with van der Waals surface area (Å²) in [5, 5.41) is 6.47. The van der Waals surface area contributed by atoms with Crippen LogP contribution in [-0.4, -0.2) is 0 Å². The first kappa shape index (κ1) is 14.1. The quantitative estimate of drug-likeness (QED) is 0.764. The molecule has 1 nitrogen and oxygen atoms in total. The van der Waals surface area contributed by atoms with E-state index in [1.165, 1.54) is 4.88 Å². The summed E-state index contributed by atoms with van der Waals surface area (Å²) < 4.78 is 1.01. The second-order valence-electron chi connectivity index (χ2n) is 4.29. The molecule has 0 saturated carbocycles. The highest BCUT2D eigenvalue weighted by Gasteiger charge is 2.14. The third kappa shape index (κ3) is 3.35. The Labute approximate surface area is 125 Å². The van der Waals surface area contributed by atoms with Gasteiger partial charge in [0.1, 0.15) is 0 Å². The zero-order chi connectivity index (χ0) is 13.1. The van der Waals surface area contributed by atoms with Crippen LogP contribution in [-0.2, 0) is 0 Å². The van der Waals surface area contributed by atoms with Crippen LogP contribution in [0.25, 0.3) is 0 Å². The van der Waals surface area contributed by atoms with Crippen LogP contribution in [0.3, 0.4) is 0 Å². The van der Waals surface area contributed by atoms with Crippen LogP contribution in [0.2, 0.25) is 5.02 Å². The van der Waals surface area contributed by atoms with Gasteiger partial charge in [-0.3, -0.25) is 0 Å². The van der Waals surface area contributed by atoms with E-state index in [-0.39, 0.29) is 6.04 Å². The molecule has 0 amide bonds. The minimum Gasteiger partial charge on any atom is -0.303 e. The molecule has 0 aliphatic heterocycles. The lowest BCUT2D eigenvalue weighted by Gasteiger charge is -2.20. The Morgan fingerprint density at radius 3 is 2.61 bits per heavy atom. The Bertz CT molecular complexity index is 513. The molecule has 0 radical (unpaired) electrons. The van der Waals surface area contributed by atoms with Crippen molar-refractivity contribution in [2.75, 3.05) is 0 Å². The van der Waals surface area contributed by atoms with Crippen molar-refractivity contribution in [3.05, 3.63) is 55.6 Å².